The van der Waals surface area contributed by atoms with Crippen LogP contribution < -0.4 is 5.73 Å². The number of ketones is 1. The lowest BCUT2D eigenvalue weighted by molar-refractivity contribution is 0.0949. The van der Waals surface area contributed by atoms with Gasteiger partial charge in [0.05, 0.1) is 0 Å². The molecule has 0 amide bonds. The van der Waals surface area contributed by atoms with Crippen LogP contribution in [0, 0.1) is 5.92 Å². The third-order valence-electron chi connectivity index (χ3n) is 3.70. The van der Waals surface area contributed by atoms with Gasteiger partial charge < -0.3 is 10.7 Å². The molecular weight excluding hydrogens is 188 g/mol. The van der Waals surface area contributed by atoms with Crippen molar-refractivity contribution < 1.29 is 4.79 Å². The Morgan fingerprint density at radius 2 is 2.13 bits per heavy atom. The molecule has 1 heterocycles. The Bertz CT molecular complexity index is 420. The maximum Gasteiger partial charge on any atom is 0.165 e. The van der Waals surface area contributed by atoms with E-state index in [1.165, 1.54) is 17.7 Å². The average Bonchev–Trinajstić information content (AvgIpc) is 2.75. The summed E-state index contributed by atoms with van der Waals surface area (Å²) in [5.41, 5.74) is 10.4. The molecule has 1 atom stereocenters. The van der Waals surface area contributed by atoms with E-state index in [0.29, 0.717) is 24.7 Å². The number of nitrogens with two attached hydrogens (primary N) is 1. The predicted octanol–water partition coefficient (Wildman–Crippen LogP) is 1.21. The van der Waals surface area contributed by atoms with Crippen LogP contribution in [0.25, 0.3) is 0 Å². The largest absolute Gasteiger partial charge is 0.361 e. The summed E-state index contributed by atoms with van der Waals surface area (Å²) in [7, 11) is 0. The number of H-pyrrole nitrogens is 1. The van der Waals surface area contributed by atoms with Gasteiger partial charge in [0.1, 0.15) is 0 Å². The first-order chi connectivity index (χ1) is 7.29. The minimum Gasteiger partial charge on any atom is -0.361 e. The zero-order valence-corrected chi connectivity index (χ0v) is 8.81. The van der Waals surface area contributed by atoms with E-state index in [9.17, 15) is 4.79 Å². The minimum atomic E-state index is 0.311. The van der Waals surface area contributed by atoms with E-state index in [1.807, 2.05) is 0 Å². The molecule has 0 aliphatic heterocycles. The summed E-state index contributed by atoms with van der Waals surface area (Å²) in [6.45, 7) is 0.620. The summed E-state index contributed by atoms with van der Waals surface area (Å²) in [6, 6.07) is 0. The molecule has 0 fully saturated rings. The molecule has 1 aromatic rings. The molecule has 3 N–H and O–H groups in total. The van der Waals surface area contributed by atoms with Crippen LogP contribution in [0.1, 0.15) is 40.2 Å². The highest BCUT2D eigenvalue weighted by molar-refractivity contribution is 6.00. The molecule has 2 aliphatic carbocycles. The van der Waals surface area contributed by atoms with Crippen LogP contribution in [-0.4, -0.2) is 17.3 Å². The quantitative estimate of drug-likeness (QED) is 0.722. The van der Waals surface area contributed by atoms with Crippen molar-refractivity contribution >= 4 is 5.78 Å². The molecule has 0 saturated heterocycles. The Balaban J connectivity index is 2.06. The maximum atomic E-state index is 12.0. The van der Waals surface area contributed by atoms with E-state index < -0.39 is 0 Å². The fraction of sp³-hybridized carbons (Fsp3) is 0.583. The second-order valence-electron chi connectivity index (χ2n) is 4.72. The van der Waals surface area contributed by atoms with Crippen LogP contribution in [0.4, 0.5) is 0 Å². The fourth-order valence-corrected chi connectivity index (χ4v) is 2.97. The van der Waals surface area contributed by atoms with Gasteiger partial charge in [0.2, 0.25) is 0 Å². The first kappa shape index (κ1) is 9.16. The van der Waals surface area contributed by atoms with Crippen LogP contribution in [0.5, 0.6) is 0 Å². The predicted molar refractivity (Wildman–Crippen MR) is 58.0 cm³/mol. The number of aromatic amines is 1. The summed E-state index contributed by atoms with van der Waals surface area (Å²) in [5.74, 6) is 0.662. The van der Waals surface area contributed by atoms with Crippen LogP contribution >= 0.6 is 0 Å². The number of Topliss-reactive ketones (excluding diaryl/α,β-unsaturated/α-hetero) is 1. The zero-order valence-electron chi connectivity index (χ0n) is 8.81. The first-order valence-corrected chi connectivity index (χ1v) is 5.75. The zero-order chi connectivity index (χ0) is 10.4. The Hall–Kier alpha value is -1.09. The molecular formula is C12H16N2O. The number of fused-ring (bicyclic) bond motifs is 3. The summed E-state index contributed by atoms with van der Waals surface area (Å²) in [6.07, 6.45) is 5.00. The lowest BCUT2D eigenvalue weighted by Gasteiger charge is -2.20. The average molecular weight is 204 g/mol. The molecule has 0 bridgehead atoms. The van der Waals surface area contributed by atoms with Gasteiger partial charge in [-0.2, -0.15) is 0 Å². The summed E-state index contributed by atoms with van der Waals surface area (Å²) in [5, 5.41) is 0. The minimum absolute atomic E-state index is 0.311. The van der Waals surface area contributed by atoms with Crippen molar-refractivity contribution in [2.24, 2.45) is 11.7 Å². The molecule has 2 aliphatic rings. The van der Waals surface area contributed by atoms with Crippen molar-refractivity contribution in [3.05, 3.63) is 22.5 Å². The molecule has 0 saturated carbocycles. The lowest BCUT2D eigenvalue weighted by atomic mass is 9.85. The topological polar surface area (TPSA) is 58.9 Å². The van der Waals surface area contributed by atoms with Gasteiger partial charge in [0.25, 0.3) is 0 Å². The number of hydrogen-bond donors (Lipinski definition) is 2. The highest BCUT2D eigenvalue weighted by Crippen LogP contribution is 2.33. The van der Waals surface area contributed by atoms with Crippen molar-refractivity contribution in [3.63, 3.8) is 0 Å². The third-order valence-corrected chi connectivity index (χ3v) is 3.70. The number of aromatic nitrogens is 1. The molecule has 0 aromatic carbocycles. The van der Waals surface area contributed by atoms with Crippen LogP contribution in [-0.2, 0) is 19.3 Å². The van der Waals surface area contributed by atoms with E-state index in [0.717, 1.165) is 30.5 Å². The van der Waals surface area contributed by atoms with E-state index in [-0.39, 0.29) is 0 Å². The van der Waals surface area contributed by atoms with Gasteiger partial charge in [0.15, 0.2) is 5.78 Å². The molecule has 3 heteroatoms. The first-order valence-electron chi connectivity index (χ1n) is 5.75. The van der Waals surface area contributed by atoms with Gasteiger partial charge in [-0.1, -0.05) is 0 Å². The Labute approximate surface area is 89.0 Å². The monoisotopic (exact) mass is 204 g/mol. The standard InChI is InChI=1S/C12H16N2O/c13-6-7-4-10-12(11(15)5-7)8-2-1-3-9(8)14-10/h7,14H,1-6,13H2. The maximum absolute atomic E-state index is 12.0. The van der Waals surface area contributed by atoms with Gasteiger partial charge >= 0.3 is 0 Å². The van der Waals surface area contributed by atoms with E-state index in [4.69, 9.17) is 5.73 Å². The molecule has 1 unspecified atom stereocenters. The molecule has 0 radical (unpaired) electrons. The van der Waals surface area contributed by atoms with E-state index in [1.54, 1.807) is 0 Å². The fourth-order valence-electron chi connectivity index (χ4n) is 2.97. The van der Waals surface area contributed by atoms with Crippen LogP contribution in [0.2, 0.25) is 0 Å². The highest BCUT2D eigenvalue weighted by Gasteiger charge is 2.31. The van der Waals surface area contributed by atoms with Gasteiger partial charge in [-0.25, -0.2) is 0 Å². The Kier molecular flexibility index (Phi) is 1.96. The van der Waals surface area contributed by atoms with Crippen molar-refractivity contribution in [1.29, 1.82) is 0 Å². The van der Waals surface area contributed by atoms with Gasteiger partial charge in [-0.15, -0.1) is 0 Å². The number of aryl methyl sites for hydroxylation is 1. The third kappa shape index (κ3) is 1.26. The second-order valence-corrected chi connectivity index (χ2v) is 4.72. The van der Waals surface area contributed by atoms with Crippen LogP contribution in [0.15, 0.2) is 0 Å². The van der Waals surface area contributed by atoms with E-state index in [2.05, 4.69) is 4.98 Å². The molecule has 1 aromatic heterocycles. The number of carbonyl (C=O) groups excluding carboxylic acids is 1. The lowest BCUT2D eigenvalue weighted by Crippen LogP contribution is -2.26. The van der Waals surface area contributed by atoms with Gasteiger partial charge in [0, 0.05) is 23.4 Å². The van der Waals surface area contributed by atoms with Crippen molar-refractivity contribution in [2.75, 3.05) is 6.54 Å². The van der Waals surface area contributed by atoms with Crippen LogP contribution in [0.3, 0.4) is 0 Å². The number of rotatable bonds is 1. The summed E-state index contributed by atoms with van der Waals surface area (Å²) < 4.78 is 0. The van der Waals surface area contributed by atoms with E-state index >= 15 is 0 Å². The van der Waals surface area contributed by atoms with Gasteiger partial charge in [-0.05, 0) is 43.7 Å². The summed E-state index contributed by atoms with van der Waals surface area (Å²) in [4.78, 5) is 15.4. The Morgan fingerprint density at radius 3 is 2.93 bits per heavy atom. The smallest absolute Gasteiger partial charge is 0.165 e. The highest BCUT2D eigenvalue weighted by atomic mass is 16.1. The number of hydrogen-bond acceptors (Lipinski definition) is 2. The normalized spacial score (nSPS) is 24.1. The molecule has 15 heavy (non-hydrogen) atoms. The number of nitrogens with one attached hydrogen (secondary N) is 1. The molecule has 3 nitrogen and oxygen atoms in total. The number of carbonyl (C=O) groups is 1. The molecule has 0 spiro atoms. The second kappa shape index (κ2) is 3.20. The molecule has 3 rings (SSSR count). The van der Waals surface area contributed by atoms with Crippen molar-refractivity contribution in [3.8, 4) is 0 Å². The van der Waals surface area contributed by atoms with Crippen molar-refractivity contribution in [1.82, 2.24) is 4.98 Å². The summed E-state index contributed by atoms with van der Waals surface area (Å²) >= 11 is 0. The SMILES string of the molecule is NCC1CC(=O)c2c([nH]c3c2CCC3)C1. The molecule has 80 valence electrons. The Morgan fingerprint density at radius 1 is 1.27 bits per heavy atom. The van der Waals surface area contributed by atoms with Gasteiger partial charge in [-0.3, -0.25) is 4.79 Å². The van der Waals surface area contributed by atoms with Crippen molar-refractivity contribution in [2.45, 2.75) is 32.1 Å².